The van der Waals surface area contributed by atoms with Crippen LogP contribution in [0.1, 0.15) is 86.5 Å². The van der Waals surface area contributed by atoms with Crippen LogP contribution in [0.15, 0.2) is 23.3 Å². The number of ketones is 1. The molecule has 8 atom stereocenters. The van der Waals surface area contributed by atoms with Gasteiger partial charge in [-0.3, -0.25) is 4.79 Å². The van der Waals surface area contributed by atoms with Gasteiger partial charge in [-0.05, 0) is 70.1 Å². The van der Waals surface area contributed by atoms with Gasteiger partial charge >= 0.3 is 5.97 Å². The first-order valence-electron chi connectivity index (χ1n) is 12.9. The Balaban J connectivity index is 1.81. The molecule has 3 N–H and O–H groups in total. The van der Waals surface area contributed by atoms with E-state index in [1.54, 1.807) is 0 Å². The zero-order valence-corrected chi connectivity index (χ0v) is 21.6. The summed E-state index contributed by atoms with van der Waals surface area (Å²) in [6.07, 6.45) is 5.72. The van der Waals surface area contributed by atoms with Gasteiger partial charge in [-0.1, -0.05) is 44.9 Å². The topological polar surface area (TPSA) is 104 Å². The van der Waals surface area contributed by atoms with Gasteiger partial charge in [0.05, 0.1) is 6.10 Å². The van der Waals surface area contributed by atoms with Crippen LogP contribution < -0.4 is 0 Å². The van der Waals surface area contributed by atoms with Crippen LogP contribution in [0.4, 0.5) is 0 Å². The number of carbonyl (C=O) groups excluding carboxylic acids is 2. The third-order valence-corrected chi connectivity index (χ3v) is 10.4. The van der Waals surface area contributed by atoms with Gasteiger partial charge in [0.2, 0.25) is 0 Å². The highest BCUT2D eigenvalue weighted by Crippen LogP contribution is 2.70. The van der Waals surface area contributed by atoms with Crippen LogP contribution in [-0.4, -0.2) is 50.5 Å². The van der Waals surface area contributed by atoms with Gasteiger partial charge in [0.15, 0.2) is 0 Å². The molecule has 0 aromatic heterocycles. The maximum absolute atomic E-state index is 13.0. The second kappa shape index (κ2) is 8.28. The standard InChI is InChI=1S/C28H42O6/c1-16(2)17(3)13-24(31)34-23-15-22-25(5)10-8-20(30)14-19(25)7-11-27(22,32)28(33)12-9-21(18(4)29)26(23,28)6/h7,13,16,20-23,30,32-33H,8-12,14-15H2,1-6H3/b17-13-/t20-,21+,22+,23+,25-,26-,27-,28+/m0/s1. The molecular weight excluding hydrogens is 432 g/mol. The molecule has 6 nitrogen and oxygen atoms in total. The van der Waals surface area contributed by atoms with Crippen LogP contribution >= 0.6 is 0 Å². The highest BCUT2D eigenvalue weighted by molar-refractivity contribution is 5.83. The third-order valence-electron chi connectivity index (χ3n) is 10.4. The summed E-state index contributed by atoms with van der Waals surface area (Å²) in [4.78, 5) is 25.8. The maximum Gasteiger partial charge on any atom is 0.330 e. The molecule has 34 heavy (non-hydrogen) atoms. The van der Waals surface area contributed by atoms with E-state index in [1.165, 1.54) is 13.0 Å². The SMILES string of the molecule is CC(=O)[C@H]1CC[C@@]2(O)[C@]1(C)[C@H](OC(=O)/C=C(/C)C(C)C)C[C@@H]1[C@@]3(C)CC[C@H](O)CC3=CC[C@]12O. The van der Waals surface area contributed by atoms with Crippen molar-refractivity contribution >= 4 is 11.8 Å². The summed E-state index contributed by atoms with van der Waals surface area (Å²) in [6.45, 7) is 11.4. The minimum Gasteiger partial charge on any atom is -0.458 e. The first-order valence-corrected chi connectivity index (χ1v) is 12.9. The predicted octanol–water partition coefficient (Wildman–Crippen LogP) is 3.87. The molecule has 0 spiro atoms. The van der Waals surface area contributed by atoms with Gasteiger partial charge in [-0.15, -0.1) is 0 Å². The van der Waals surface area contributed by atoms with Crippen LogP contribution in [0.2, 0.25) is 0 Å². The van der Waals surface area contributed by atoms with E-state index in [0.29, 0.717) is 32.1 Å². The lowest BCUT2D eigenvalue weighted by atomic mass is 9.43. The summed E-state index contributed by atoms with van der Waals surface area (Å²) in [5, 5.41) is 35.0. The number of allylic oxidation sites excluding steroid dienone is 1. The molecule has 0 unspecified atom stereocenters. The van der Waals surface area contributed by atoms with Gasteiger partial charge in [-0.25, -0.2) is 4.79 Å². The molecule has 6 heteroatoms. The fourth-order valence-electron chi connectivity index (χ4n) is 7.96. The van der Waals surface area contributed by atoms with Crippen molar-refractivity contribution < 1.29 is 29.6 Å². The second-order valence-corrected chi connectivity index (χ2v) is 12.3. The quantitative estimate of drug-likeness (QED) is 0.325. The molecule has 0 saturated heterocycles. The average Bonchev–Trinajstić information content (AvgIpc) is 3.04. The van der Waals surface area contributed by atoms with Crippen LogP contribution in [0.25, 0.3) is 0 Å². The first-order chi connectivity index (χ1) is 15.7. The minimum absolute atomic E-state index is 0.0468. The fraction of sp³-hybridized carbons (Fsp3) is 0.786. The van der Waals surface area contributed by atoms with E-state index in [4.69, 9.17) is 4.74 Å². The molecule has 4 rings (SSSR count). The van der Waals surface area contributed by atoms with Crippen molar-refractivity contribution in [3.63, 3.8) is 0 Å². The van der Waals surface area contributed by atoms with Gasteiger partial charge in [-0.2, -0.15) is 0 Å². The lowest BCUT2D eigenvalue weighted by molar-refractivity contribution is -0.299. The number of hydrogen-bond acceptors (Lipinski definition) is 6. The zero-order chi connectivity index (χ0) is 25.3. The Morgan fingerprint density at radius 2 is 1.82 bits per heavy atom. The van der Waals surface area contributed by atoms with Crippen molar-refractivity contribution in [1.82, 2.24) is 0 Å². The normalized spacial score (nSPS) is 46.3. The van der Waals surface area contributed by atoms with Gasteiger partial charge in [0.1, 0.15) is 23.1 Å². The first kappa shape index (κ1) is 25.6. The summed E-state index contributed by atoms with van der Waals surface area (Å²) in [5.74, 6) is -1.15. The molecule has 0 radical (unpaired) electrons. The van der Waals surface area contributed by atoms with Crippen LogP contribution in [0.3, 0.4) is 0 Å². The molecule has 0 heterocycles. The summed E-state index contributed by atoms with van der Waals surface area (Å²) < 4.78 is 6.11. The molecule has 4 aliphatic rings. The molecular formula is C28H42O6. The second-order valence-electron chi connectivity index (χ2n) is 12.3. The molecule has 0 aromatic carbocycles. The van der Waals surface area contributed by atoms with Crippen LogP contribution in [0, 0.1) is 28.6 Å². The molecule has 0 aliphatic heterocycles. The van der Waals surface area contributed by atoms with Crippen molar-refractivity contribution in [2.75, 3.05) is 0 Å². The van der Waals surface area contributed by atoms with Gasteiger partial charge < -0.3 is 20.1 Å². The Labute approximate surface area is 203 Å². The van der Waals surface area contributed by atoms with E-state index >= 15 is 0 Å². The maximum atomic E-state index is 13.0. The van der Waals surface area contributed by atoms with Crippen molar-refractivity contribution in [2.24, 2.45) is 28.6 Å². The van der Waals surface area contributed by atoms with E-state index in [2.05, 4.69) is 6.92 Å². The lowest BCUT2D eigenvalue weighted by Crippen LogP contribution is -2.75. The fourth-order valence-corrected chi connectivity index (χ4v) is 7.96. The van der Waals surface area contributed by atoms with E-state index in [-0.39, 0.29) is 30.5 Å². The summed E-state index contributed by atoms with van der Waals surface area (Å²) in [6, 6.07) is 0. The monoisotopic (exact) mass is 474 g/mol. The highest BCUT2D eigenvalue weighted by atomic mass is 16.5. The zero-order valence-electron chi connectivity index (χ0n) is 21.6. The molecule has 3 saturated carbocycles. The van der Waals surface area contributed by atoms with Gasteiger partial charge in [0.25, 0.3) is 0 Å². The van der Waals surface area contributed by atoms with Crippen molar-refractivity contribution in [3.8, 4) is 0 Å². The number of carbonyl (C=O) groups is 2. The Hall–Kier alpha value is -1.50. The molecule has 190 valence electrons. The third kappa shape index (κ3) is 3.39. The van der Waals surface area contributed by atoms with E-state index in [9.17, 15) is 24.9 Å². The number of hydrogen-bond donors (Lipinski definition) is 3. The number of esters is 1. The summed E-state index contributed by atoms with van der Waals surface area (Å²) in [7, 11) is 0. The molecule has 0 bridgehead atoms. The Kier molecular flexibility index (Phi) is 6.23. The minimum atomic E-state index is -1.57. The molecule has 4 aliphatic carbocycles. The van der Waals surface area contributed by atoms with Crippen LogP contribution in [0.5, 0.6) is 0 Å². The van der Waals surface area contributed by atoms with Crippen molar-refractivity contribution in [2.45, 2.75) is 110 Å². The highest BCUT2D eigenvalue weighted by Gasteiger charge is 2.77. The largest absolute Gasteiger partial charge is 0.458 e. The summed E-state index contributed by atoms with van der Waals surface area (Å²) in [5.41, 5.74) is -2.47. The molecule has 0 amide bonds. The van der Waals surface area contributed by atoms with E-state index in [1.807, 2.05) is 33.8 Å². The van der Waals surface area contributed by atoms with Crippen LogP contribution in [-0.2, 0) is 14.3 Å². The van der Waals surface area contributed by atoms with Gasteiger partial charge in [0, 0.05) is 23.3 Å². The molecule has 3 fully saturated rings. The number of ether oxygens (including phenoxy) is 1. The predicted molar refractivity (Wildman–Crippen MR) is 129 cm³/mol. The Morgan fingerprint density at radius 3 is 2.44 bits per heavy atom. The van der Waals surface area contributed by atoms with Crippen molar-refractivity contribution in [1.29, 1.82) is 0 Å². The Bertz CT molecular complexity index is 935. The average molecular weight is 475 g/mol. The Morgan fingerprint density at radius 1 is 1.15 bits per heavy atom. The smallest absolute Gasteiger partial charge is 0.330 e. The lowest BCUT2D eigenvalue weighted by Gasteiger charge is -2.66. The number of fused-ring (bicyclic) bond motifs is 5. The number of aliphatic hydroxyl groups excluding tert-OH is 1. The molecule has 0 aromatic rings. The number of Topliss-reactive ketones (excluding diaryl/α,β-unsaturated/α-hetero) is 1. The number of aliphatic hydroxyl groups is 3. The van der Waals surface area contributed by atoms with E-state index < -0.39 is 46.1 Å². The number of rotatable bonds is 4. The van der Waals surface area contributed by atoms with E-state index in [0.717, 1.165) is 11.1 Å². The summed E-state index contributed by atoms with van der Waals surface area (Å²) >= 11 is 0. The van der Waals surface area contributed by atoms with Crippen molar-refractivity contribution in [3.05, 3.63) is 23.3 Å².